The summed E-state index contributed by atoms with van der Waals surface area (Å²) in [5, 5.41) is 12.5. The summed E-state index contributed by atoms with van der Waals surface area (Å²) in [6.07, 6.45) is 0. The number of ether oxygens (including phenoxy) is 1. The van der Waals surface area contributed by atoms with Gasteiger partial charge < -0.3 is 10.1 Å². The molecule has 0 amide bonds. The molecule has 0 bridgehead atoms. The topological polar surface area (TPSA) is 47.0 Å². The van der Waals surface area contributed by atoms with E-state index in [0.717, 1.165) is 16.7 Å². The Morgan fingerprint density at radius 3 is 2.94 bits per heavy atom. The predicted molar refractivity (Wildman–Crippen MR) is 72.5 cm³/mol. The van der Waals surface area contributed by atoms with E-state index in [4.69, 9.17) is 4.74 Å². The van der Waals surface area contributed by atoms with Crippen LogP contribution in [0.3, 0.4) is 0 Å². The third kappa shape index (κ3) is 3.64. The Balaban J connectivity index is 1.97. The van der Waals surface area contributed by atoms with Crippen LogP contribution in [0.5, 0.6) is 5.75 Å². The maximum absolute atomic E-state index is 13.1. The molecule has 4 nitrogen and oxygen atoms in total. The van der Waals surface area contributed by atoms with Crippen molar-refractivity contribution in [3.8, 4) is 5.75 Å². The molecule has 0 unspecified atom stereocenters. The van der Waals surface area contributed by atoms with Crippen molar-refractivity contribution in [2.75, 3.05) is 11.9 Å². The summed E-state index contributed by atoms with van der Waals surface area (Å²) in [4.78, 5) is 0. The van der Waals surface area contributed by atoms with Crippen molar-refractivity contribution in [3.05, 3.63) is 33.5 Å². The van der Waals surface area contributed by atoms with E-state index in [1.807, 2.05) is 6.92 Å². The van der Waals surface area contributed by atoms with Gasteiger partial charge in [-0.3, -0.25) is 0 Å². The molecular formula is C11H11BrFN3OS. The molecule has 0 fully saturated rings. The van der Waals surface area contributed by atoms with Gasteiger partial charge in [0.2, 0.25) is 5.13 Å². The van der Waals surface area contributed by atoms with Crippen LogP contribution in [0.15, 0.2) is 22.7 Å². The fourth-order valence-electron chi connectivity index (χ4n) is 1.29. The molecule has 7 heteroatoms. The van der Waals surface area contributed by atoms with Gasteiger partial charge in [0, 0.05) is 17.1 Å². The van der Waals surface area contributed by atoms with Gasteiger partial charge >= 0.3 is 0 Å². The Kier molecular flexibility index (Phi) is 4.48. The summed E-state index contributed by atoms with van der Waals surface area (Å²) < 4.78 is 19.2. The Hall–Kier alpha value is -1.21. The van der Waals surface area contributed by atoms with Gasteiger partial charge in [0.15, 0.2) is 5.01 Å². The van der Waals surface area contributed by atoms with E-state index in [0.29, 0.717) is 10.2 Å². The minimum Gasteiger partial charge on any atom is -0.486 e. The van der Waals surface area contributed by atoms with Crippen LogP contribution in [0.4, 0.5) is 9.52 Å². The van der Waals surface area contributed by atoms with E-state index in [2.05, 4.69) is 31.4 Å². The highest BCUT2D eigenvalue weighted by molar-refractivity contribution is 9.10. The van der Waals surface area contributed by atoms with Gasteiger partial charge in [-0.15, -0.1) is 10.2 Å². The molecule has 1 aromatic heterocycles. The van der Waals surface area contributed by atoms with Crippen LogP contribution in [-0.2, 0) is 6.61 Å². The standard InChI is InChI=1S/C11H11BrFN3OS/c1-2-14-11-16-15-10(18-11)6-17-9-4-7(12)3-8(13)5-9/h3-5H,2,6H2,1H3,(H,14,16). The van der Waals surface area contributed by atoms with Crippen LogP contribution < -0.4 is 10.1 Å². The van der Waals surface area contributed by atoms with Gasteiger partial charge in [0.25, 0.3) is 0 Å². The maximum atomic E-state index is 13.1. The summed E-state index contributed by atoms with van der Waals surface area (Å²) in [5.74, 6) is 0.118. The molecule has 1 aromatic carbocycles. The van der Waals surface area contributed by atoms with Crippen molar-refractivity contribution in [2.45, 2.75) is 13.5 Å². The van der Waals surface area contributed by atoms with Crippen LogP contribution in [0, 0.1) is 5.82 Å². The minimum atomic E-state index is -0.343. The van der Waals surface area contributed by atoms with Crippen molar-refractivity contribution in [1.29, 1.82) is 0 Å². The Labute approximate surface area is 116 Å². The highest BCUT2D eigenvalue weighted by Gasteiger charge is 2.05. The van der Waals surface area contributed by atoms with Crippen LogP contribution >= 0.6 is 27.3 Å². The van der Waals surface area contributed by atoms with Crippen molar-refractivity contribution in [2.24, 2.45) is 0 Å². The lowest BCUT2D eigenvalue weighted by molar-refractivity contribution is 0.302. The molecule has 2 rings (SSSR count). The van der Waals surface area contributed by atoms with Crippen molar-refractivity contribution < 1.29 is 9.13 Å². The van der Waals surface area contributed by atoms with Crippen LogP contribution in [-0.4, -0.2) is 16.7 Å². The van der Waals surface area contributed by atoms with Crippen LogP contribution in [0.2, 0.25) is 0 Å². The van der Waals surface area contributed by atoms with Gasteiger partial charge in [0.1, 0.15) is 18.2 Å². The van der Waals surface area contributed by atoms with Gasteiger partial charge in [-0.1, -0.05) is 27.3 Å². The van der Waals surface area contributed by atoms with E-state index < -0.39 is 0 Å². The maximum Gasteiger partial charge on any atom is 0.205 e. The van der Waals surface area contributed by atoms with Crippen molar-refractivity contribution in [1.82, 2.24) is 10.2 Å². The van der Waals surface area contributed by atoms with E-state index in [-0.39, 0.29) is 12.4 Å². The van der Waals surface area contributed by atoms with Gasteiger partial charge in [-0.05, 0) is 19.1 Å². The first kappa shape index (κ1) is 13.2. The van der Waals surface area contributed by atoms with Crippen molar-refractivity contribution in [3.63, 3.8) is 0 Å². The largest absolute Gasteiger partial charge is 0.486 e. The number of nitrogens with one attached hydrogen (secondary N) is 1. The van der Waals surface area contributed by atoms with E-state index >= 15 is 0 Å². The SMILES string of the molecule is CCNc1nnc(COc2cc(F)cc(Br)c2)s1. The monoisotopic (exact) mass is 331 g/mol. The average molecular weight is 332 g/mol. The first-order valence-corrected chi connectivity index (χ1v) is 6.93. The minimum absolute atomic E-state index is 0.277. The number of hydrogen-bond donors (Lipinski definition) is 1. The second-order valence-corrected chi connectivity index (χ2v) is 5.40. The smallest absolute Gasteiger partial charge is 0.205 e. The van der Waals surface area contributed by atoms with E-state index in [1.165, 1.54) is 23.5 Å². The number of rotatable bonds is 5. The third-order valence-electron chi connectivity index (χ3n) is 1.99. The number of benzene rings is 1. The molecule has 96 valence electrons. The zero-order chi connectivity index (χ0) is 13.0. The zero-order valence-corrected chi connectivity index (χ0v) is 12.0. The number of halogens is 2. The number of hydrogen-bond acceptors (Lipinski definition) is 5. The molecule has 2 aromatic rings. The Morgan fingerprint density at radius 1 is 1.39 bits per heavy atom. The molecule has 0 atom stereocenters. The third-order valence-corrected chi connectivity index (χ3v) is 3.31. The number of aromatic nitrogens is 2. The highest BCUT2D eigenvalue weighted by Crippen LogP contribution is 2.22. The van der Waals surface area contributed by atoms with Crippen LogP contribution in [0.1, 0.15) is 11.9 Å². The highest BCUT2D eigenvalue weighted by atomic mass is 79.9. The molecule has 0 radical (unpaired) electrons. The second-order valence-electron chi connectivity index (χ2n) is 3.43. The molecule has 18 heavy (non-hydrogen) atoms. The van der Waals surface area contributed by atoms with Gasteiger partial charge in [0.05, 0.1) is 0 Å². The first-order valence-electron chi connectivity index (χ1n) is 5.32. The molecule has 0 aliphatic carbocycles. The Bertz CT molecular complexity index is 515. The molecule has 1 heterocycles. The van der Waals surface area contributed by atoms with Gasteiger partial charge in [-0.2, -0.15) is 0 Å². The van der Waals surface area contributed by atoms with E-state index in [9.17, 15) is 4.39 Å². The van der Waals surface area contributed by atoms with Gasteiger partial charge in [-0.25, -0.2) is 4.39 Å². The normalized spacial score (nSPS) is 10.4. The summed E-state index contributed by atoms with van der Waals surface area (Å²) in [7, 11) is 0. The molecule has 0 aliphatic rings. The van der Waals surface area contributed by atoms with E-state index in [1.54, 1.807) is 6.07 Å². The first-order chi connectivity index (χ1) is 8.67. The summed E-state index contributed by atoms with van der Waals surface area (Å²) in [5.41, 5.74) is 0. The summed E-state index contributed by atoms with van der Waals surface area (Å²) >= 11 is 4.63. The lowest BCUT2D eigenvalue weighted by atomic mass is 10.3. The molecule has 0 spiro atoms. The molecule has 0 saturated carbocycles. The summed E-state index contributed by atoms with van der Waals surface area (Å²) in [6.45, 7) is 3.06. The fraction of sp³-hybridized carbons (Fsp3) is 0.273. The Morgan fingerprint density at radius 2 is 2.22 bits per heavy atom. The molecule has 0 saturated heterocycles. The quantitative estimate of drug-likeness (QED) is 0.911. The number of anilines is 1. The second kappa shape index (κ2) is 6.10. The fourth-order valence-corrected chi connectivity index (χ4v) is 2.46. The van der Waals surface area contributed by atoms with Crippen molar-refractivity contribution >= 4 is 32.4 Å². The lowest BCUT2D eigenvalue weighted by Gasteiger charge is -2.04. The molecule has 0 aliphatic heterocycles. The zero-order valence-electron chi connectivity index (χ0n) is 9.61. The van der Waals surface area contributed by atoms with Crippen LogP contribution in [0.25, 0.3) is 0 Å². The molecular weight excluding hydrogens is 321 g/mol. The number of nitrogens with zero attached hydrogens (tertiary/aromatic N) is 2. The molecule has 1 N–H and O–H groups in total. The predicted octanol–water partition coefficient (Wildman–Crippen LogP) is 3.45. The summed E-state index contributed by atoms with van der Waals surface area (Å²) in [6, 6.07) is 4.41. The average Bonchev–Trinajstić information content (AvgIpc) is 2.74. The lowest BCUT2D eigenvalue weighted by Crippen LogP contribution is -1.95.